The second-order valence-electron chi connectivity index (χ2n) is 5.40. The molecule has 3 rings (SSSR count). The van der Waals surface area contributed by atoms with Crippen molar-refractivity contribution in [3.05, 3.63) is 59.4 Å². The molecule has 6 nitrogen and oxygen atoms in total. The average molecular weight is 383 g/mol. The Labute approximate surface area is 148 Å². The molecule has 2 aromatic rings. The number of rotatable bonds is 3. The molecule has 1 heterocycles. The van der Waals surface area contributed by atoms with Crippen LogP contribution in [0.2, 0.25) is 5.02 Å². The van der Waals surface area contributed by atoms with Gasteiger partial charge in [0.15, 0.2) is 0 Å². The molecular formula is C16H12ClFN2O4S. The van der Waals surface area contributed by atoms with E-state index in [1.165, 1.54) is 19.2 Å². The molecule has 2 aromatic carbocycles. The predicted octanol–water partition coefficient (Wildman–Crippen LogP) is 2.68. The van der Waals surface area contributed by atoms with Crippen molar-refractivity contribution in [3.63, 3.8) is 0 Å². The summed E-state index contributed by atoms with van der Waals surface area (Å²) in [4.78, 5) is 26.5. The van der Waals surface area contributed by atoms with E-state index in [0.29, 0.717) is 5.02 Å². The van der Waals surface area contributed by atoms with Gasteiger partial charge in [-0.05, 0) is 42.5 Å². The standard InChI is InChI=1S/C16H12ClFN2O4S/c1-19-15(25(23,24)13-7-5-11(18)6-8-13)14(21)20(16(19)22)12-4-2-3-10(17)9-12/h2-9,15H,1H3. The first-order valence-electron chi connectivity index (χ1n) is 7.09. The quantitative estimate of drug-likeness (QED) is 0.604. The van der Waals surface area contributed by atoms with Crippen molar-refractivity contribution in [2.75, 3.05) is 11.9 Å². The summed E-state index contributed by atoms with van der Waals surface area (Å²) < 4.78 is 38.6. The Hall–Kier alpha value is -2.45. The summed E-state index contributed by atoms with van der Waals surface area (Å²) in [5.41, 5.74) is 0.172. The molecule has 0 bridgehead atoms. The van der Waals surface area contributed by atoms with E-state index in [4.69, 9.17) is 11.6 Å². The first-order valence-corrected chi connectivity index (χ1v) is 9.01. The lowest BCUT2D eigenvalue weighted by molar-refractivity contribution is -0.117. The molecule has 1 fully saturated rings. The highest BCUT2D eigenvalue weighted by molar-refractivity contribution is 7.92. The smallest absolute Gasteiger partial charge is 0.302 e. The number of amides is 3. The van der Waals surface area contributed by atoms with Crippen LogP contribution in [-0.4, -0.2) is 37.7 Å². The maximum atomic E-state index is 13.0. The molecule has 0 aliphatic carbocycles. The van der Waals surface area contributed by atoms with E-state index in [2.05, 4.69) is 0 Å². The number of carbonyl (C=O) groups is 2. The van der Waals surface area contributed by atoms with Crippen LogP contribution in [0.25, 0.3) is 0 Å². The second-order valence-corrected chi connectivity index (χ2v) is 7.84. The lowest BCUT2D eigenvalue weighted by Gasteiger charge is -2.16. The minimum Gasteiger partial charge on any atom is -0.302 e. The molecule has 1 aliphatic rings. The van der Waals surface area contributed by atoms with Crippen LogP contribution >= 0.6 is 11.6 Å². The Bertz CT molecular complexity index is 962. The molecule has 130 valence electrons. The van der Waals surface area contributed by atoms with Crippen molar-refractivity contribution in [1.29, 1.82) is 0 Å². The molecule has 9 heteroatoms. The Morgan fingerprint density at radius 3 is 2.32 bits per heavy atom. The Morgan fingerprint density at radius 1 is 1.08 bits per heavy atom. The number of sulfone groups is 1. The number of imide groups is 1. The fraction of sp³-hybridized carbons (Fsp3) is 0.125. The van der Waals surface area contributed by atoms with Gasteiger partial charge in [-0.25, -0.2) is 22.5 Å². The van der Waals surface area contributed by atoms with E-state index in [-0.39, 0.29) is 10.6 Å². The Morgan fingerprint density at radius 2 is 1.72 bits per heavy atom. The summed E-state index contributed by atoms with van der Waals surface area (Å²) in [6.45, 7) is 0. The molecule has 0 radical (unpaired) electrons. The fourth-order valence-corrected chi connectivity index (χ4v) is 4.41. The third-order valence-electron chi connectivity index (χ3n) is 3.78. The molecule has 25 heavy (non-hydrogen) atoms. The predicted molar refractivity (Wildman–Crippen MR) is 89.5 cm³/mol. The third kappa shape index (κ3) is 2.87. The van der Waals surface area contributed by atoms with Crippen LogP contribution in [0.1, 0.15) is 0 Å². The van der Waals surface area contributed by atoms with Crippen molar-refractivity contribution in [1.82, 2.24) is 4.90 Å². The van der Waals surface area contributed by atoms with E-state index in [1.807, 2.05) is 0 Å². The molecule has 1 atom stereocenters. The van der Waals surface area contributed by atoms with Gasteiger partial charge in [0.25, 0.3) is 5.91 Å². The van der Waals surface area contributed by atoms with Crippen molar-refractivity contribution >= 4 is 39.1 Å². The molecule has 0 N–H and O–H groups in total. The zero-order valence-electron chi connectivity index (χ0n) is 12.9. The van der Waals surface area contributed by atoms with E-state index < -0.39 is 33.0 Å². The second kappa shape index (κ2) is 6.12. The SMILES string of the molecule is CN1C(=O)N(c2cccc(Cl)c2)C(=O)C1S(=O)(=O)c1ccc(F)cc1. The summed E-state index contributed by atoms with van der Waals surface area (Å²) in [6, 6.07) is 9.23. The molecule has 3 amide bonds. The van der Waals surface area contributed by atoms with Crippen molar-refractivity contribution < 1.29 is 22.4 Å². The molecule has 0 saturated carbocycles. The molecule has 1 saturated heterocycles. The van der Waals surface area contributed by atoms with Crippen LogP contribution in [0.5, 0.6) is 0 Å². The lowest BCUT2D eigenvalue weighted by Crippen LogP contribution is -2.39. The highest BCUT2D eigenvalue weighted by Crippen LogP contribution is 2.31. The van der Waals surface area contributed by atoms with Crippen LogP contribution in [0.3, 0.4) is 0 Å². The summed E-state index contributed by atoms with van der Waals surface area (Å²) in [6.07, 6.45) is 0. The van der Waals surface area contributed by atoms with E-state index >= 15 is 0 Å². The van der Waals surface area contributed by atoms with Gasteiger partial charge in [-0.2, -0.15) is 0 Å². The van der Waals surface area contributed by atoms with Crippen LogP contribution in [-0.2, 0) is 14.6 Å². The van der Waals surface area contributed by atoms with Crippen molar-refractivity contribution in [3.8, 4) is 0 Å². The van der Waals surface area contributed by atoms with Gasteiger partial charge >= 0.3 is 6.03 Å². The van der Waals surface area contributed by atoms with Gasteiger partial charge in [0.2, 0.25) is 15.2 Å². The van der Waals surface area contributed by atoms with Crippen molar-refractivity contribution in [2.45, 2.75) is 10.3 Å². The van der Waals surface area contributed by atoms with Crippen LogP contribution < -0.4 is 4.90 Å². The van der Waals surface area contributed by atoms with Gasteiger partial charge in [0, 0.05) is 12.1 Å². The average Bonchev–Trinajstić information content (AvgIpc) is 2.77. The first kappa shape index (κ1) is 17.4. The highest BCUT2D eigenvalue weighted by Gasteiger charge is 2.51. The number of nitrogens with zero attached hydrogens (tertiary/aromatic N) is 2. The number of anilines is 1. The summed E-state index contributed by atoms with van der Waals surface area (Å²) >= 11 is 5.88. The molecule has 1 aliphatic heterocycles. The topological polar surface area (TPSA) is 74.8 Å². The van der Waals surface area contributed by atoms with Crippen molar-refractivity contribution in [2.24, 2.45) is 0 Å². The maximum absolute atomic E-state index is 13.0. The van der Waals surface area contributed by atoms with Crippen LogP contribution in [0.15, 0.2) is 53.4 Å². The zero-order valence-corrected chi connectivity index (χ0v) is 14.5. The van der Waals surface area contributed by atoms with Gasteiger partial charge in [-0.1, -0.05) is 17.7 Å². The third-order valence-corrected chi connectivity index (χ3v) is 6.05. The lowest BCUT2D eigenvalue weighted by atomic mass is 10.3. The summed E-state index contributed by atoms with van der Waals surface area (Å²) in [7, 11) is -3.00. The number of carbonyl (C=O) groups excluding carboxylic acids is 2. The van der Waals surface area contributed by atoms with Gasteiger partial charge in [0.1, 0.15) is 5.82 Å². The number of halogens is 2. The monoisotopic (exact) mass is 382 g/mol. The van der Waals surface area contributed by atoms with E-state index in [9.17, 15) is 22.4 Å². The van der Waals surface area contributed by atoms with Gasteiger partial charge in [0.05, 0.1) is 10.6 Å². The maximum Gasteiger partial charge on any atom is 0.332 e. The summed E-state index contributed by atoms with van der Waals surface area (Å²) in [5.74, 6) is -1.53. The minimum absolute atomic E-state index is 0.172. The first-order chi connectivity index (χ1) is 11.7. The minimum atomic E-state index is -4.22. The fourth-order valence-electron chi connectivity index (χ4n) is 2.58. The Kier molecular flexibility index (Phi) is 4.26. The highest BCUT2D eigenvalue weighted by atomic mass is 35.5. The van der Waals surface area contributed by atoms with Crippen LogP contribution in [0.4, 0.5) is 14.9 Å². The molecule has 0 aromatic heterocycles. The van der Waals surface area contributed by atoms with Gasteiger partial charge in [-0.15, -0.1) is 0 Å². The Balaban J connectivity index is 2.05. The molecular weight excluding hydrogens is 371 g/mol. The van der Waals surface area contributed by atoms with E-state index in [1.54, 1.807) is 12.1 Å². The number of hydrogen-bond donors (Lipinski definition) is 0. The van der Waals surface area contributed by atoms with Gasteiger partial charge in [-0.3, -0.25) is 4.79 Å². The summed E-state index contributed by atoms with van der Waals surface area (Å²) in [5, 5.41) is -1.44. The van der Waals surface area contributed by atoms with Gasteiger partial charge < -0.3 is 4.90 Å². The largest absolute Gasteiger partial charge is 0.332 e. The number of benzene rings is 2. The number of urea groups is 1. The zero-order chi connectivity index (χ0) is 18.4. The van der Waals surface area contributed by atoms with E-state index in [0.717, 1.165) is 34.1 Å². The number of likely N-dealkylation sites (N-methyl/N-ethyl adjacent to an activating group) is 1. The molecule has 1 unspecified atom stereocenters. The molecule has 0 spiro atoms. The van der Waals surface area contributed by atoms with Crippen LogP contribution in [0, 0.1) is 5.82 Å². The normalized spacial score (nSPS) is 18.1. The number of hydrogen-bond acceptors (Lipinski definition) is 4.